The molecule has 0 bridgehead atoms. The van der Waals surface area contributed by atoms with Crippen LogP contribution in [0.25, 0.3) is 21.5 Å². The molecule has 0 aliphatic heterocycles. The minimum Gasteiger partial charge on any atom is -0.496 e. The highest BCUT2D eigenvalue weighted by molar-refractivity contribution is 7.15. The Kier molecular flexibility index (Phi) is 6.32. The van der Waals surface area contributed by atoms with E-state index in [0.29, 0.717) is 31.0 Å². The van der Waals surface area contributed by atoms with Gasteiger partial charge in [-0.15, -0.1) is 11.3 Å². The average Bonchev–Trinajstić information content (AvgIpc) is 3.32. The van der Waals surface area contributed by atoms with Crippen LogP contribution in [0.3, 0.4) is 0 Å². The highest BCUT2D eigenvalue weighted by Gasteiger charge is 2.16. The molecule has 0 spiro atoms. The van der Waals surface area contributed by atoms with Crippen molar-refractivity contribution in [1.82, 2.24) is 14.5 Å². The first kappa shape index (κ1) is 22.1. The molecule has 4 aromatic rings. The summed E-state index contributed by atoms with van der Waals surface area (Å²) in [6.45, 7) is 7.91. The lowest BCUT2D eigenvalue weighted by atomic mass is 10.2. The van der Waals surface area contributed by atoms with Crippen LogP contribution in [0.5, 0.6) is 11.5 Å². The number of aryl methyl sites for hydroxylation is 2. The minimum absolute atomic E-state index is 0.251. The number of hydrogen-bond acceptors (Lipinski definition) is 6. The molecular weight excluding hydrogens is 427 g/mol. The predicted molar refractivity (Wildman–Crippen MR) is 128 cm³/mol. The predicted octanol–water partition coefficient (Wildman–Crippen LogP) is 5.46. The maximum atomic E-state index is 14.6. The van der Waals surface area contributed by atoms with E-state index in [2.05, 4.69) is 14.9 Å². The first-order chi connectivity index (χ1) is 15.4. The Morgan fingerprint density at radius 3 is 2.69 bits per heavy atom. The van der Waals surface area contributed by atoms with E-state index in [-0.39, 0.29) is 5.82 Å². The van der Waals surface area contributed by atoms with Gasteiger partial charge in [0.15, 0.2) is 0 Å². The van der Waals surface area contributed by atoms with E-state index in [0.717, 1.165) is 38.1 Å². The number of methoxy groups -OCH3 is 1. The molecule has 0 aliphatic carbocycles. The Morgan fingerprint density at radius 2 is 1.94 bits per heavy atom. The molecular formula is C24H27FN4O2S. The van der Waals surface area contributed by atoms with E-state index in [1.165, 1.54) is 6.07 Å². The van der Waals surface area contributed by atoms with Crippen molar-refractivity contribution in [2.24, 2.45) is 0 Å². The Morgan fingerprint density at radius 1 is 1.12 bits per heavy atom. The number of rotatable bonds is 8. The minimum atomic E-state index is -0.251. The summed E-state index contributed by atoms with van der Waals surface area (Å²) < 4.78 is 27.7. The Bertz CT molecular complexity index is 1250. The first-order valence-electron chi connectivity index (χ1n) is 10.5. The van der Waals surface area contributed by atoms with E-state index in [4.69, 9.17) is 9.47 Å². The summed E-state index contributed by atoms with van der Waals surface area (Å²) in [5.41, 5.74) is 2.41. The number of hydrogen-bond donors (Lipinski definition) is 0. The molecule has 168 valence electrons. The number of nitrogens with zero attached hydrogens (tertiary/aromatic N) is 4. The zero-order valence-corrected chi connectivity index (χ0v) is 19.8. The highest BCUT2D eigenvalue weighted by atomic mass is 32.1. The average molecular weight is 455 g/mol. The SMILES string of the molecule is CCOc1cc(-c2cc(N(C)CCn3c(C)cc4c(OC)ccc(F)c43)ncn2)sc1C. The van der Waals surface area contributed by atoms with Crippen LogP contribution in [0.2, 0.25) is 0 Å². The number of anilines is 1. The number of benzene rings is 1. The van der Waals surface area contributed by atoms with E-state index in [1.54, 1.807) is 30.8 Å². The maximum absolute atomic E-state index is 14.6. The van der Waals surface area contributed by atoms with Gasteiger partial charge in [-0.25, -0.2) is 14.4 Å². The van der Waals surface area contributed by atoms with Crippen LogP contribution in [-0.2, 0) is 6.54 Å². The molecule has 4 rings (SSSR count). The summed E-state index contributed by atoms with van der Waals surface area (Å²) in [5, 5.41) is 0.787. The molecule has 0 radical (unpaired) electrons. The normalized spacial score (nSPS) is 11.2. The van der Waals surface area contributed by atoms with Crippen LogP contribution in [-0.4, -0.2) is 41.8 Å². The molecule has 0 aliphatic rings. The molecule has 0 saturated heterocycles. The van der Waals surface area contributed by atoms with Gasteiger partial charge in [0.1, 0.15) is 29.5 Å². The van der Waals surface area contributed by atoms with Crippen molar-refractivity contribution in [3.05, 3.63) is 53.0 Å². The monoisotopic (exact) mass is 454 g/mol. The molecule has 0 fully saturated rings. The van der Waals surface area contributed by atoms with Gasteiger partial charge in [0.05, 0.1) is 29.8 Å². The van der Waals surface area contributed by atoms with Gasteiger partial charge in [-0.3, -0.25) is 0 Å². The molecule has 8 heteroatoms. The van der Waals surface area contributed by atoms with Crippen LogP contribution in [0, 0.1) is 19.7 Å². The number of aromatic nitrogens is 3. The quantitative estimate of drug-likeness (QED) is 0.354. The third-order valence-electron chi connectivity index (χ3n) is 5.52. The maximum Gasteiger partial charge on any atom is 0.147 e. The molecule has 0 unspecified atom stereocenters. The van der Waals surface area contributed by atoms with Gasteiger partial charge >= 0.3 is 0 Å². The molecule has 0 amide bonds. The van der Waals surface area contributed by atoms with Crippen LogP contribution < -0.4 is 14.4 Å². The third kappa shape index (κ3) is 4.14. The van der Waals surface area contributed by atoms with Crippen molar-refractivity contribution in [2.75, 3.05) is 32.2 Å². The summed E-state index contributed by atoms with van der Waals surface area (Å²) >= 11 is 1.66. The number of ether oxygens (including phenoxy) is 2. The topological polar surface area (TPSA) is 52.4 Å². The molecule has 0 atom stereocenters. The van der Waals surface area contributed by atoms with E-state index in [9.17, 15) is 4.39 Å². The smallest absolute Gasteiger partial charge is 0.147 e. The molecule has 3 heterocycles. The largest absolute Gasteiger partial charge is 0.496 e. The zero-order valence-electron chi connectivity index (χ0n) is 19.0. The Hall–Kier alpha value is -3.13. The Balaban J connectivity index is 1.56. The van der Waals surface area contributed by atoms with Gasteiger partial charge in [0.2, 0.25) is 0 Å². The lowest BCUT2D eigenvalue weighted by Gasteiger charge is -2.20. The van der Waals surface area contributed by atoms with Gasteiger partial charge in [-0.1, -0.05) is 0 Å². The van der Waals surface area contributed by atoms with Crippen molar-refractivity contribution in [3.8, 4) is 22.1 Å². The van der Waals surface area contributed by atoms with E-state index in [1.807, 2.05) is 50.6 Å². The fourth-order valence-corrected chi connectivity index (χ4v) is 4.78. The van der Waals surface area contributed by atoms with Gasteiger partial charge in [-0.2, -0.15) is 0 Å². The van der Waals surface area contributed by atoms with E-state index < -0.39 is 0 Å². The third-order valence-corrected chi connectivity index (χ3v) is 6.58. The second kappa shape index (κ2) is 9.16. The molecule has 6 nitrogen and oxygen atoms in total. The number of thiophene rings is 1. The summed E-state index contributed by atoms with van der Waals surface area (Å²) in [6, 6.07) is 9.09. The van der Waals surface area contributed by atoms with Gasteiger partial charge in [0, 0.05) is 48.2 Å². The fourth-order valence-electron chi connectivity index (χ4n) is 3.85. The highest BCUT2D eigenvalue weighted by Crippen LogP contribution is 2.35. The van der Waals surface area contributed by atoms with Crippen molar-refractivity contribution in [2.45, 2.75) is 27.3 Å². The lowest BCUT2D eigenvalue weighted by molar-refractivity contribution is 0.340. The van der Waals surface area contributed by atoms with Crippen LogP contribution in [0.1, 0.15) is 17.5 Å². The second-order valence-electron chi connectivity index (χ2n) is 7.60. The lowest BCUT2D eigenvalue weighted by Crippen LogP contribution is -2.24. The van der Waals surface area contributed by atoms with E-state index >= 15 is 0 Å². The summed E-state index contributed by atoms with van der Waals surface area (Å²) in [6.07, 6.45) is 1.58. The van der Waals surface area contributed by atoms with Crippen LogP contribution in [0.4, 0.5) is 10.2 Å². The van der Waals surface area contributed by atoms with Gasteiger partial charge < -0.3 is 18.9 Å². The number of likely N-dealkylation sites (N-methyl/N-ethyl adjacent to an activating group) is 1. The van der Waals surface area contributed by atoms with Gasteiger partial charge in [-0.05, 0) is 39.0 Å². The van der Waals surface area contributed by atoms with Crippen molar-refractivity contribution in [3.63, 3.8) is 0 Å². The van der Waals surface area contributed by atoms with Gasteiger partial charge in [0.25, 0.3) is 0 Å². The van der Waals surface area contributed by atoms with Crippen LogP contribution in [0.15, 0.2) is 36.7 Å². The zero-order chi connectivity index (χ0) is 22.8. The standard InChI is InChI=1S/C24H27FN4O2S/c1-6-31-21-13-22(32-16(21)3)19-12-23(27-14-26-19)28(4)9-10-29-15(2)11-17-20(30-5)8-7-18(25)24(17)29/h7-8,11-14H,6,9-10H2,1-5H3. The summed E-state index contributed by atoms with van der Waals surface area (Å²) in [4.78, 5) is 13.1. The van der Waals surface area contributed by atoms with Crippen LogP contribution >= 0.6 is 11.3 Å². The number of fused-ring (bicyclic) bond motifs is 1. The molecule has 32 heavy (non-hydrogen) atoms. The molecule has 1 aromatic carbocycles. The molecule has 0 saturated carbocycles. The number of halogens is 1. The summed E-state index contributed by atoms with van der Waals surface area (Å²) in [5.74, 6) is 2.13. The van der Waals surface area contributed by atoms with Crippen molar-refractivity contribution < 1.29 is 13.9 Å². The second-order valence-corrected chi connectivity index (χ2v) is 8.85. The van der Waals surface area contributed by atoms with Crippen molar-refractivity contribution in [1.29, 1.82) is 0 Å². The fraction of sp³-hybridized carbons (Fsp3) is 0.333. The molecule has 0 N–H and O–H groups in total. The van der Waals surface area contributed by atoms with Crippen molar-refractivity contribution >= 4 is 28.1 Å². The first-order valence-corrected chi connectivity index (χ1v) is 11.3. The molecule has 3 aromatic heterocycles. The summed E-state index contributed by atoms with van der Waals surface area (Å²) in [7, 11) is 3.58. The Labute approximate surface area is 191 Å².